The molecule has 2 aliphatic rings. The summed E-state index contributed by atoms with van der Waals surface area (Å²) in [4.78, 5) is 13.0. The lowest BCUT2D eigenvalue weighted by Gasteiger charge is -2.08. The predicted octanol–water partition coefficient (Wildman–Crippen LogP) is 2.29. The van der Waals surface area contributed by atoms with Crippen LogP contribution in [0.1, 0.15) is 11.7 Å². The molecule has 0 fully saturated rings. The van der Waals surface area contributed by atoms with Gasteiger partial charge in [0.2, 0.25) is 5.88 Å². The standard InChI is InChI=1S/C14H9F2N3O4/c15-14(16)21-10-2-1-8(3-12(10)22-14)11-4-13(19-23-11)20-9-5-17-7-18-6-9/h1-7,11,19H. The number of alkyl halides is 2. The molecule has 4 rings (SSSR count). The molecule has 3 heterocycles. The van der Waals surface area contributed by atoms with E-state index in [1.807, 2.05) is 0 Å². The number of ether oxygens (including phenoxy) is 3. The first-order valence-corrected chi connectivity index (χ1v) is 6.55. The number of aromatic nitrogens is 2. The number of rotatable bonds is 3. The van der Waals surface area contributed by atoms with Crippen LogP contribution in [0.2, 0.25) is 0 Å². The Labute approximate surface area is 128 Å². The van der Waals surface area contributed by atoms with E-state index in [1.165, 1.54) is 30.9 Å². The second kappa shape index (κ2) is 5.06. The van der Waals surface area contributed by atoms with Crippen molar-refractivity contribution in [3.8, 4) is 17.2 Å². The molecule has 23 heavy (non-hydrogen) atoms. The van der Waals surface area contributed by atoms with Crippen molar-refractivity contribution in [1.29, 1.82) is 0 Å². The summed E-state index contributed by atoms with van der Waals surface area (Å²) < 4.78 is 40.3. The number of hydrogen-bond donors (Lipinski definition) is 1. The van der Waals surface area contributed by atoms with Crippen molar-refractivity contribution in [2.24, 2.45) is 0 Å². The van der Waals surface area contributed by atoms with Gasteiger partial charge in [0.25, 0.3) is 0 Å². The van der Waals surface area contributed by atoms with Crippen LogP contribution in [0.4, 0.5) is 8.78 Å². The summed E-state index contributed by atoms with van der Waals surface area (Å²) >= 11 is 0. The van der Waals surface area contributed by atoms with Crippen LogP contribution < -0.4 is 19.7 Å². The fourth-order valence-corrected chi connectivity index (χ4v) is 2.15. The summed E-state index contributed by atoms with van der Waals surface area (Å²) in [6.45, 7) is 0. The van der Waals surface area contributed by atoms with E-state index in [4.69, 9.17) is 9.57 Å². The van der Waals surface area contributed by atoms with E-state index in [1.54, 1.807) is 12.1 Å². The highest BCUT2D eigenvalue weighted by molar-refractivity contribution is 5.46. The van der Waals surface area contributed by atoms with E-state index in [0.29, 0.717) is 17.2 Å². The Morgan fingerprint density at radius 2 is 1.91 bits per heavy atom. The van der Waals surface area contributed by atoms with Gasteiger partial charge in [-0.1, -0.05) is 6.07 Å². The van der Waals surface area contributed by atoms with Crippen molar-refractivity contribution >= 4 is 0 Å². The van der Waals surface area contributed by atoms with Gasteiger partial charge in [0.15, 0.2) is 17.2 Å². The van der Waals surface area contributed by atoms with Crippen LogP contribution in [-0.4, -0.2) is 16.3 Å². The number of nitrogens with zero attached hydrogens (tertiary/aromatic N) is 2. The molecule has 7 nitrogen and oxygen atoms in total. The van der Waals surface area contributed by atoms with Crippen LogP contribution in [0, 0.1) is 0 Å². The quantitative estimate of drug-likeness (QED) is 0.929. The van der Waals surface area contributed by atoms with Gasteiger partial charge < -0.3 is 14.2 Å². The Bertz CT molecular complexity index is 770. The summed E-state index contributed by atoms with van der Waals surface area (Å²) in [5.41, 5.74) is 3.20. The molecule has 1 N–H and O–H groups in total. The lowest BCUT2D eigenvalue weighted by molar-refractivity contribution is -0.286. The zero-order valence-electron chi connectivity index (χ0n) is 11.4. The number of hydrogen-bond acceptors (Lipinski definition) is 7. The second-order valence-electron chi connectivity index (χ2n) is 4.72. The maximum Gasteiger partial charge on any atom is 0.586 e. The number of fused-ring (bicyclic) bond motifs is 1. The molecule has 9 heteroatoms. The van der Waals surface area contributed by atoms with Crippen molar-refractivity contribution in [3.05, 3.63) is 54.4 Å². The largest absolute Gasteiger partial charge is 0.586 e. The smallest absolute Gasteiger partial charge is 0.436 e. The zero-order chi connectivity index (χ0) is 15.9. The molecular formula is C14H9F2N3O4. The molecule has 1 atom stereocenters. The van der Waals surface area contributed by atoms with Gasteiger partial charge in [-0.3, -0.25) is 4.84 Å². The molecule has 1 unspecified atom stereocenters. The summed E-state index contributed by atoms with van der Waals surface area (Å²) in [7, 11) is 0. The maximum atomic E-state index is 13.0. The van der Waals surface area contributed by atoms with Crippen molar-refractivity contribution in [1.82, 2.24) is 15.4 Å². The Hall–Kier alpha value is -2.94. The van der Waals surface area contributed by atoms with Gasteiger partial charge in [0, 0.05) is 6.08 Å². The molecule has 0 saturated carbocycles. The third-order valence-electron chi connectivity index (χ3n) is 3.11. The van der Waals surface area contributed by atoms with Gasteiger partial charge in [-0.15, -0.1) is 8.78 Å². The van der Waals surface area contributed by atoms with E-state index in [-0.39, 0.29) is 11.5 Å². The fourth-order valence-electron chi connectivity index (χ4n) is 2.15. The highest BCUT2D eigenvalue weighted by atomic mass is 19.3. The van der Waals surface area contributed by atoms with Crippen molar-refractivity contribution in [3.63, 3.8) is 0 Å². The van der Waals surface area contributed by atoms with Gasteiger partial charge in [-0.25, -0.2) is 15.4 Å². The molecule has 2 aromatic rings. The normalized spacial score (nSPS) is 20.8. The van der Waals surface area contributed by atoms with E-state index in [2.05, 4.69) is 24.9 Å². The topological polar surface area (TPSA) is 74.7 Å². The minimum absolute atomic E-state index is 0.0217. The number of halogens is 2. The summed E-state index contributed by atoms with van der Waals surface area (Å²) in [6.07, 6.45) is 1.83. The first-order chi connectivity index (χ1) is 11.1. The molecule has 0 saturated heterocycles. The molecule has 0 radical (unpaired) electrons. The van der Waals surface area contributed by atoms with E-state index >= 15 is 0 Å². The van der Waals surface area contributed by atoms with E-state index in [0.717, 1.165) is 0 Å². The fraction of sp³-hybridized carbons (Fsp3) is 0.143. The number of hydroxylamine groups is 1. The molecule has 0 aliphatic carbocycles. The minimum atomic E-state index is -3.65. The van der Waals surface area contributed by atoms with Crippen molar-refractivity contribution < 1.29 is 27.8 Å². The predicted molar refractivity (Wildman–Crippen MR) is 70.3 cm³/mol. The average molecular weight is 321 g/mol. The molecule has 118 valence electrons. The molecule has 2 aliphatic heterocycles. The maximum absolute atomic E-state index is 13.0. The Morgan fingerprint density at radius 1 is 1.13 bits per heavy atom. The Balaban J connectivity index is 1.52. The molecule has 0 bridgehead atoms. The highest BCUT2D eigenvalue weighted by Crippen LogP contribution is 2.42. The van der Waals surface area contributed by atoms with Gasteiger partial charge >= 0.3 is 6.29 Å². The third kappa shape index (κ3) is 2.73. The van der Waals surface area contributed by atoms with Gasteiger partial charge in [-0.05, 0) is 17.7 Å². The van der Waals surface area contributed by atoms with Crippen LogP contribution in [0.15, 0.2) is 48.9 Å². The zero-order valence-corrected chi connectivity index (χ0v) is 11.4. The van der Waals surface area contributed by atoms with Crippen LogP contribution >= 0.6 is 0 Å². The van der Waals surface area contributed by atoms with Crippen LogP contribution in [0.5, 0.6) is 17.2 Å². The Morgan fingerprint density at radius 3 is 2.74 bits per heavy atom. The summed E-state index contributed by atoms with van der Waals surface area (Å²) in [5, 5.41) is 0. The molecule has 0 amide bonds. The lowest BCUT2D eigenvalue weighted by Crippen LogP contribution is -2.25. The summed E-state index contributed by atoms with van der Waals surface area (Å²) in [6, 6.07) is 4.42. The van der Waals surface area contributed by atoms with Crippen LogP contribution in [0.3, 0.4) is 0 Å². The van der Waals surface area contributed by atoms with Gasteiger partial charge in [0.1, 0.15) is 12.4 Å². The monoisotopic (exact) mass is 321 g/mol. The molecular weight excluding hydrogens is 312 g/mol. The molecule has 1 aromatic carbocycles. The van der Waals surface area contributed by atoms with Crippen LogP contribution in [0.25, 0.3) is 0 Å². The second-order valence-corrected chi connectivity index (χ2v) is 4.72. The van der Waals surface area contributed by atoms with E-state index in [9.17, 15) is 8.78 Å². The SMILES string of the molecule is FC1(F)Oc2ccc(C3C=C(Oc4cncnc4)NO3)cc2O1. The Kier molecular flexibility index (Phi) is 3.01. The number of benzene rings is 1. The van der Waals surface area contributed by atoms with Crippen LogP contribution in [-0.2, 0) is 4.84 Å². The average Bonchev–Trinajstić information content (AvgIpc) is 3.10. The molecule has 0 spiro atoms. The lowest BCUT2D eigenvalue weighted by atomic mass is 10.1. The number of nitrogens with one attached hydrogen (secondary N) is 1. The first-order valence-electron chi connectivity index (χ1n) is 6.55. The summed E-state index contributed by atoms with van der Waals surface area (Å²) in [5.74, 6) is 0.704. The van der Waals surface area contributed by atoms with Crippen molar-refractivity contribution in [2.45, 2.75) is 12.4 Å². The minimum Gasteiger partial charge on any atom is -0.436 e. The van der Waals surface area contributed by atoms with Gasteiger partial charge in [0.05, 0.1) is 12.4 Å². The van der Waals surface area contributed by atoms with Gasteiger partial charge in [-0.2, -0.15) is 0 Å². The van der Waals surface area contributed by atoms with Crippen molar-refractivity contribution in [2.75, 3.05) is 0 Å². The molecule has 1 aromatic heterocycles. The first kappa shape index (κ1) is 13.7. The van der Waals surface area contributed by atoms with E-state index < -0.39 is 12.4 Å². The highest BCUT2D eigenvalue weighted by Gasteiger charge is 2.43. The third-order valence-corrected chi connectivity index (χ3v) is 3.11.